The average molecular weight is 466 g/mol. The molecule has 4 rings (SSSR count). The van der Waals surface area contributed by atoms with Gasteiger partial charge in [0.25, 0.3) is 0 Å². The molecule has 0 aromatic heterocycles. The number of benzene rings is 2. The van der Waals surface area contributed by atoms with Crippen LogP contribution in [0.2, 0.25) is 0 Å². The zero-order valence-electron chi connectivity index (χ0n) is 20.6. The Hall–Kier alpha value is -3.02. The highest BCUT2D eigenvalue weighted by Gasteiger charge is 2.52. The van der Waals surface area contributed by atoms with Crippen LogP contribution in [0.5, 0.6) is 11.5 Å². The molecule has 2 unspecified atom stereocenters. The molecule has 0 saturated heterocycles. The van der Waals surface area contributed by atoms with Crippen LogP contribution in [0.1, 0.15) is 50.7 Å². The quantitative estimate of drug-likeness (QED) is 0.570. The van der Waals surface area contributed by atoms with Crippen molar-refractivity contribution in [3.05, 3.63) is 53.6 Å². The van der Waals surface area contributed by atoms with Crippen molar-refractivity contribution >= 4 is 17.6 Å². The minimum atomic E-state index is -0.420. The van der Waals surface area contributed by atoms with E-state index in [9.17, 15) is 9.59 Å². The van der Waals surface area contributed by atoms with Crippen LogP contribution in [0.4, 0.5) is 5.69 Å². The van der Waals surface area contributed by atoms with Gasteiger partial charge in [-0.15, -0.1) is 0 Å². The SMILES string of the molecule is COc1ccc(NC(=O)C[C@@]2(C)C(C3CCc4cc(OC)ccc4C3)CC[C@@H]2OC(C)=O)cc1. The number of fused-ring (bicyclic) bond motifs is 1. The van der Waals surface area contributed by atoms with Gasteiger partial charge in [0.1, 0.15) is 17.6 Å². The predicted molar refractivity (Wildman–Crippen MR) is 131 cm³/mol. The zero-order chi connectivity index (χ0) is 24.3. The molecule has 1 fully saturated rings. The Balaban J connectivity index is 1.52. The van der Waals surface area contributed by atoms with Crippen LogP contribution < -0.4 is 14.8 Å². The molecule has 0 radical (unpaired) electrons. The first kappa shape index (κ1) is 24.1. The smallest absolute Gasteiger partial charge is 0.302 e. The summed E-state index contributed by atoms with van der Waals surface area (Å²) >= 11 is 0. The lowest BCUT2D eigenvalue weighted by Gasteiger charge is -2.41. The molecule has 6 nitrogen and oxygen atoms in total. The molecule has 0 aliphatic heterocycles. The van der Waals surface area contributed by atoms with Crippen molar-refractivity contribution in [3.63, 3.8) is 0 Å². The number of hydrogen-bond acceptors (Lipinski definition) is 5. The Kier molecular flexibility index (Phi) is 7.15. The second kappa shape index (κ2) is 10.1. The normalized spacial score (nSPS) is 25.8. The summed E-state index contributed by atoms with van der Waals surface area (Å²) in [5.41, 5.74) is 3.02. The highest BCUT2D eigenvalue weighted by atomic mass is 16.5. The van der Waals surface area contributed by atoms with Gasteiger partial charge in [0.2, 0.25) is 5.91 Å². The van der Waals surface area contributed by atoms with Gasteiger partial charge in [-0.1, -0.05) is 13.0 Å². The Morgan fingerprint density at radius 3 is 2.35 bits per heavy atom. The third kappa shape index (κ3) is 5.06. The molecule has 6 heteroatoms. The fourth-order valence-corrected chi connectivity index (χ4v) is 6.10. The van der Waals surface area contributed by atoms with E-state index < -0.39 is 5.41 Å². The first-order chi connectivity index (χ1) is 16.3. The number of nitrogens with one attached hydrogen (secondary N) is 1. The van der Waals surface area contributed by atoms with Crippen LogP contribution in [-0.2, 0) is 27.2 Å². The number of anilines is 1. The van der Waals surface area contributed by atoms with Crippen molar-refractivity contribution in [2.75, 3.05) is 19.5 Å². The molecule has 0 bridgehead atoms. The molecular formula is C28H35NO5. The molecule has 2 aromatic carbocycles. The maximum atomic E-state index is 13.2. The minimum Gasteiger partial charge on any atom is -0.497 e. The molecular weight excluding hydrogens is 430 g/mol. The van der Waals surface area contributed by atoms with Crippen LogP contribution in [-0.4, -0.2) is 32.2 Å². The molecule has 1 N–H and O–H groups in total. The first-order valence-electron chi connectivity index (χ1n) is 12.1. The second-order valence-electron chi connectivity index (χ2n) is 9.88. The van der Waals surface area contributed by atoms with E-state index in [4.69, 9.17) is 14.2 Å². The summed E-state index contributed by atoms with van der Waals surface area (Å²) in [6.45, 7) is 3.59. The number of amides is 1. The molecule has 34 heavy (non-hydrogen) atoms. The fourth-order valence-electron chi connectivity index (χ4n) is 6.10. The summed E-state index contributed by atoms with van der Waals surface area (Å²) in [5.74, 6) is 2.04. The van der Waals surface area contributed by atoms with Gasteiger partial charge < -0.3 is 19.5 Å². The lowest BCUT2D eigenvalue weighted by atomic mass is 9.65. The van der Waals surface area contributed by atoms with Crippen LogP contribution in [0, 0.1) is 17.3 Å². The van der Waals surface area contributed by atoms with Gasteiger partial charge in [0.05, 0.1) is 14.2 Å². The zero-order valence-corrected chi connectivity index (χ0v) is 20.6. The summed E-state index contributed by atoms with van der Waals surface area (Å²) < 4.78 is 16.4. The van der Waals surface area contributed by atoms with Crippen LogP contribution in [0.15, 0.2) is 42.5 Å². The molecule has 182 valence electrons. The summed E-state index contributed by atoms with van der Waals surface area (Å²) in [6.07, 6.45) is 4.85. The minimum absolute atomic E-state index is 0.0577. The van der Waals surface area contributed by atoms with E-state index in [0.29, 0.717) is 18.3 Å². The number of esters is 1. The number of carbonyl (C=O) groups is 2. The average Bonchev–Trinajstić information content (AvgIpc) is 3.13. The van der Waals surface area contributed by atoms with E-state index in [2.05, 4.69) is 24.4 Å². The highest BCUT2D eigenvalue weighted by Crippen LogP contribution is 2.53. The topological polar surface area (TPSA) is 73.9 Å². The van der Waals surface area contributed by atoms with Gasteiger partial charge in [-0.25, -0.2) is 0 Å². The van der Waals surface area contributed by atoms with E-state index in [1.54, 1.807) is 14.2 Å². The van der Waals surface area contributed by atoms with E-state index in [-0.39, 0.29) is 18.0 Å². The number of hydrogen-bond donors (Lipinski definition) is 1. The lowest BCUT2D eigenvalue weighted by molar-refractivity contribution is -0.154. The second-order valence-corrected chi connectivity index (χ2v) is 9.88. The molecule has 0 heterocycles. The van der Waals surface area contributed by atoms with Gasteiger partial charge in [0.15, 0.2) is 0 Å². The number of carbonyl (C=O) groups excluding carboxylic acids is 2. The summed E-state index contributed by atoms with van der Waals surface area (Å²) in [6, 6.07) is 13.7. The maximum absolute atomic E-state index is 13.2. The maximum Gasteiger partial charge on any atom is 0.302 e. The molecule has 0 spiro atoms. The van der Waals surface area contributed by atoms with E-state index in [1.807, 2.05) is 30.3 Å². The molecule has 2 aliphatic rings. The number of aryl methyl sites for hydroxylation is 1. The van der Waals surface area contributed by atoms with Crippen LogP contribution in [0.25, 0.3) is 0 Å². The number of rotatable bonds is 7. The first-order valence-corrected chi connectivity index (χ1v) is 12.1. The van der Waals surface area contributed by atoms with Gasteiger partial charge >= 0.3 is 5.97 Å². The van der Waals surface area contributed by atoms with Crippen molar-refractivity contribution in [2.24, 2.45) is 17.3 Å². The Morgan fingerprint density at radius 1 is 0.971 bits per heavy atom. The summed E-state index contributed by atoms with van der Waals surface area (Å²) in [5, 5.41) is 3.02. The molecule has 1 saturated carbocycles. The van der Waals surface area contributed by atoms with E-state index in [0.717, 1.165) is 49.3 Å². The third-order valence-corrected chi connectivity index (χ3v) is 7.79. The van der Waals surface area contributed by atoms with Gasteiger partial charge in [-0.3, -0.25) is 9.59 Å². The van der Waals surface area contributed by atoms with Gasteiger partial charge in [-0.2, -0.15) is 0 Å². The van der Waals surface area contributed by atoms with E-state index in [1.165, 1.54) is 18.1 Å². The van der Waals surface area contributed by atoms with Crippen molar-refractivity contribution < 1.29 is 23.8 Å². The predicted octanol–water partition coefficient (Wildman–Crippen LogP) is 5.19. The van der Waals surface area contributed by atoms with Crippen LogP contribution >= 0.6 is 0 Å². The summed E-state index contributed by atoms with van der Waals surface area (Å²) in [4.78, 5) is 25.0. The van der Waals surface area contributed by atoms with Crippen LogP contribution in [0.3, 0.4) is 0 Å². The Labute approximate surface area is 202 Å². The molecule has 4 atom stereocenters. The molecule has 2 aliphatic carbocycles. The standard InChI is InChI=1S/C28H35NO5/c1-18(30)34-26-14-13-25(21-6-5-20-16-24(33-4)10-7-19(20)15-21)28(26,2)17-27(31)29-22-8-11-23(32-3)12-9-22/h7-12,16,21,25-26H,5-6,13-15,17H2,1-4H3,(H,29,31)/t21?,25?,26-,28-/m0/s1. The van der Waals surface area contributed by atoms with Crippen molar-refractivity contribution in [1.29, 1.82) is 0 Å². The fraction of sp³-hybridized carbons (Fsp3) is 0.500. The Morgan fingerprint density at radius 2 is 1.68 bits per heavy atom. The van der Waals surface area contributed by atoms with Crippen molar-refractivity contribution in [2.45, 2.75) is 58.5 Å². The number of methoxy groups -OCH3 is 2. The lowest BCUT2D eigenvalue weighted by Crippen LogP contribution is -2.42. The van der Waals surface area contributed by atoms with Gasteiger partial charge in [0, 0.05) is 24.4 Å². The number of ether oxygens (including phenoxy) is 3. The Bertz CT molecular complexity index is 1030. The summed E-state index contributed by atoms with van der Waals surface area (Å²) in [7, 11) is 3.31. The molecule has 1 amide bonds. The third-order valence-electron chi connectivity index (χ3n) is 7.79. The largest absolute Gasteiger partial charge is 0.497 e. The van der Waals surface area contributed by atoms with Crippen molar-refractivity contribution in [3.8, 4) is 11.5 Å². The monoisotopic (exact) mass is 465 g/mol. The van der Waals surface area contributed by atoms with Crippen molar-refractivity contribution in [1.82, 2.24) is 0 Å². The highest BCUT2D eigenvalue weighted by molar-refractivity contribution is 5.91. The van der Waals surface area contributed by atoms with Gasteiger partial charge in [-0.05, 0) is 91.5 Å². The molecule has 2 aromatic rings. The van der Waals surface area contributed by atoms with E-state index >= 15 is 0 Å².